The fraction of sp³-hybridized carbons (Fsp3) is 0.778. The maximum atomic E-state index is 11.0. The Morgan fingerprint density at radius 2 is 1.75 bits per heavy atom. The van der Waals surface area contributed by atoms with Crippen molar-refractivity contribution in [1.82, 2.24) is 5.32 Å². The summed E-state index contributed by atoms with van der Waals surface area (Å²) in [7, 11) is 0. The van der Waals surface area contributed by atoms with Crippen LogP contribution in [0.3, 0.4) is 0 Å². The molecule has 1 atom stereocenters. The molecule has 0 heterocycles. The van der Waals surface area contributed by atoms with Crippen molar-refractivity contribution in [2.45, 2.75) is 40.2 Å². The average molecular weight is 171 g/mol. The molecule has 0 spiro atoms. The van der Waals surface area contributed by atoms with Crippen LogP contribution in [-0.2, 0) is 9.59 Å². The van der Waals surface area contributed by atoms with E-state index in [2.05, 4.69) is 5.32 Å². The molecule has 1 N–H and O–H groups in total. The molecule has 0 saturated heterocycles. The number of nitrogens with one attached hydrogen (secondary N) is 1. The molecular weight excluding hydrogens is 154 g/mol. The lowest BCUT2D eigenvalue weighted by Gasteiger charge is -2.16. The van der Waals surface area contributed by atoms with Crippen molar-refractivity contribution in [2.75, 3.05) is 0 Å². The Balaban J connectivity index is 4.04. The fourth-order valence-electron chi connectivity index (χ4n) is 1.04. The topological polar surface area (TPSA) is 46.2 Å². The normalized spacial score (nSPS) is 12.8. The number of ketones is 1. The van der Waals surface area contributed by atoms with Crippen molar-refractivity contribution in [3.63, 3.8) is 0 Å². The Labute approximate surface area is 73.5 Å². The first kappa shape index (κ1) is 11.1. The van der Waals surface area contributed by atoms with Gasteiger partial charge >= 0.3 is 0 Å². The van der Waals surface area contributed by atoms with Crippen LogP contribution in [-0.4, -0.2) is 17.7 Å². The molecule has 0 fully saturated rings. The zero-order valence-electron chi connectivity index (χ0n) is 8.18. The van der Waals surface area contributed by atoms with E-state index in [-0.39, 0.29) is 17.7 Å². The van der Waals surface area contributed by atoms with Crippen LogP contribution in [0.25, 0.3) is 0 Å². The van der Waals surface area contributed by atoms with E-state index in [1.54, 1.807) is 0 Å². The van der Waals surface area contributed by atoms with Gasteiger partial charge in [0.1, 0.15) is 0 Å². The van der Waals surface area contributed by atoms with Crippen LogP contribution in [0.5, 0.6) is 0 Å². The minimum atomic E-state index is -0.303. The minimum Gasteiger partial charge on any atom is -0.347 e. The monoisotopic (exact) mass is 171 g/mol. The van der Waals surface area contributed by atoms with Crippen molar-refractivity contribution in [3.05, 3.63) is 0 Å². The van der Waals surface area contributed by atoms with Crippen LogP contribution in [0.2, 0.25) is 0 Å². The van der Waals surface area contributed by atoms with Crippen LogP contribution in [0.1, 0.15) is 34.1 Å². The van der Waals surface area contributed by atoms with Crippen LogP contribution < -0.4 is 5.32 Å². The molecule has 3 nitrogen and oxygen atoms in total. The third-order valence-corrected chi connectivity index (χ3v) is 1.58. The summed E-state index contributed by atoms with van der Waals surface area (Å²) in [5.41, 5.74) is 0. The summed E-state index contributed by atoms with van der Waals surface area (Å²) in [6.07, 6.45) is 0.717. The highest BCUT2D eigenvalue weighted by Crippen LogP contribution is 2.05. The summed E-state index contributed by atoms with van der Waals surface area (Å²) in [6.45, 7) is 6.98. The van der Waals surface area contributed by atoms with E-state index in [9.17, 15) is 9.59 Å². The number of hydrogen-bond acceptors (Lipinski definition) is 2. The molecule has 0 saturated carbocycles. The molecule has 0 radical (unpaired) electrons. The quantitative estimate of drug-likeness (QED) is 0.689. The Bertz CT molecular complexity index is 175. The highest BCUT2D eigenvalue weighted by Gasteiger charge is 2.15. The smallest absolute Gasteiger partial charge is 0.217 e. The summed E-state index contributed by atoms with van der Waals surface area (Å²) in [5.74, 6) is 0.306. The van der Waals surface area contributed by atoms with E-state index >= 15 is 0 Å². The summed E-state index contributed by atoms with van der Waals surface area (Å²) in [5, 5.41) is 2.62. The van der Waals surface area contributed by atoms with Crippen LogP contribution in [0.15, 0.2) is 0 Å². The van der Waals surface area contributed by atoms with Gasteiger partial charge in [0.2, 0.25) is 5.91 Å². The molecule has 0 aliphatic heterocycles. The molecule has 1 unspecified atom stereocenters. The van der Waals surface area contributed by atoms with Gasteiger partial charge in [0, 0.05) is 6.92 Å². The molecule has 0 rings (SSSR count). The molecule has 0 aliphatic carbocycles. The summed E-state index contributed by atoms with van der Waals surface area (Å²) in [6, 6.07) is -0.303. The molecule has 3 heteroatoms. The van der Waals surface area contributed by atoms with E-state index in [4.69, 9.17) is 0 Å². The number of Topliss-reactive ketones (excluding diaryl/α,β-unsaturated/α-hetero) is 1. The van der Waals surface area contributed by atoms with Crippen molar-refractivity contribution in [2.24, 2.45) is 5.92 Å². The van der Waals surface area contributed by atoms with Crippen molar-refractivity contribution < 1.29 is 9.59 Å². The molecule has 0 aromatic heterocycles. The van der Waals surface area contributed by atoms with Gasteiger partial charge in [0.15, 0.2) is 5.78 Å². The third-order valence-electron chi connectivity index (χ3n) is 1.58. The van der Waals surface area contributed by atoms with E-state index in [1.165, 1.54) is 13.8 Å². The predicted molar refractivity (Wildman–Crippen MR) is 47.7 cm³/mol. The fourth-order valence-corrected chi connectivity index (χ4v) is 1.04. The number of amides is 1. The Morgan fingerprint density at radius 1 is 1.25 bits per heavy atom. The summed E-state index contributed by atoms with van der Waals surface area (Å²) >= 11 is 0. The number of rotatable bonds is 4. The van der Waals surface area contributed by atoms with Crippen molar-refractivity contribution >= 4 is 11.7 Å². The van der Waals surface area contributed by atoms with E-state index in [0.29, 0.717) is 5.92 Å². The van der Waals surface area contributed by atoms with Gasteiger partial charge in [0.25, 0.3) is 0 Å². The first-order chi connectivity index (χ1) is 5.43. The molecule has 70 valence electrons. The highest BCUT2D eigenvalue weighted by atomic mass is 16.2. The van der Waals surface area contributed by atoms with Gasteiger partial charge in [-0.3, -0.25) is 9.59 Å². The zero-order chi connectivity index (χ0) is 9.72. The lowest BCUT2D eigenvalue weighted by molar-refractivity contribution is -0.125. The first-order valence-corrected chi connectivity index (χ1v) is 4.21. The Hall–Kier alpha value is -0.860. The minimum absolute atomic E-state index is 0.0268. The molecule has 1 amide bonds. The van der Waals surface area contributed by atoms with Crippen LogP contribution >= 0.6 is 0 Å². The Kier molecular flexibility index (Phi) is 4.55. The zero-order valence-corrected chi connectivity index (χ0v) is 8.18. The van der Waals surface area contributed by atoms with Crippen LogP contribution in [0, 0.1) is 5.92 Å². The van der Waals surface area contributed by atoms with Gasteiger partial charge < -0.3 is 5.32 Å². The first-order valence-electron chi connectivity index (χ1n) is 4.21. The molecule has 0 aliphatic rings. The van der Waals surface area contributed by atoms with Gasteiger partial charge in [-0.15, -0.1) is 0 Å². The lowest BCUT2D eigenvalue weighted by Crippen LogP contribution is -2.39. The molecular formula is C9H17NO2. The lowest BCUT2D eigenvalue weighted by atomic mass is 10.0. The second kappa shape index (κ2) is 4.91. The van der Waals surface area contributed by atoms with Gasteiger partial charge in [-0.2, -0.15) is 0 Å². The number of carbonyl (C=O) groups excluding carboxylic acids is 2. The summed E-state index contributed by atoms with van der Waals surface area (Å²) in [4.78, 5) is 21.7. The van der Waals surface area contributed by atoms with Gasteiger partial charge in [-0.1, -0.05) is 13.8 Å². The second-order valence-corrected chi connectivity index (χ2v) is 3.49. The largest absolute Gasteiger partial charge is 0.347 e. The average Bonchev–Trinajstić information content (AvgIpc) is 1.83. The van der Waals surface area contributed by atoms with Crippen molar-refractivity contribution in [3.8, 4) is 0 Å². The van der Waals surface area contributed by atoms with Crippen molar-refractivity contribution in [1.29, 1.82) is 0 Å². The van der Waals surface area contributed by atoms with Gasteiger partial charge in [-0.05, 0) is 19.3 Å². The number of hydrogen-bond donors (Lipinski definition) is 1. The Morgan fingerprint density at radius 3 is 2.00 bits per heavy atom. The maximum absolute atomic E-state index is 11.0. The highest BCUT2D eigenvalue weighted by molar-refractivity contribution is 5.86. The standard InChI is InChI=1S/C9H17NO2/c1-6(2)5-9(7(3)11)10-8(4)12/h6,9H,5H2,1-4H3,(H,10,12). The van der Waals surface area contributed by atoms with Gasteiger partial charge in [-0.25, -0.2) is 0 Å². The molecule has 0 bridgehead atoms. The van der Waals surface area contributed by atoms with Gasteiger partial charge in [0.05, 0.1) is 6.04 Å². The second-order valence-electron chi connectivity index (χ2n) is 3.49. The SMILES string of the molecule is CC(=O)NC(CC(C)C)C(C)=O. The third kappa shape index (κ3) is 4.88. The summed E-state index contributed by atoms with van der Waals surface area (Å²) < 4.78 is 0. The number of carbonyl (C=O) groups is 2. The van der Waals surface area contributed by atoms with Crippen LogP contribution in [0.4, 0.5) is 0 Å². The van der Waals surface area contributed by atoms with E-state index in [0.717, 1.165) is 6.42 Å². The molecule has 12 heavy (non-hydrogen) atoms. The molecule has 0 aromatic rings. The van der Waals surface area contributed by atoms with E-state index in [1.807, 2.05) is 13.8 Å². The maximum Gasteiger partial charge on any atom is 0.217 e. The predicted octanol–water partition coefficient (Wildman–Crippen LogP) is 1.13. The van der Waals surface area contributed by atoms with E-state index < -0.39 is 0 Å². The molecule has 0 aromatic carbocycles.